The maximum absolute atomic E-state index is 11.3. The summed E-state index contributed by atoms with van der Waals surface area (Å²) in [5, 5.41) is 0. The van der Waals surface area contributed by atoms with Crippen LogP contribution in [-0.4, -0.2) is 17.6 Å². The highest BCUT2D eigenvalue weighted by Gasteiger charge is 2.12. The Morgan fingerprint density at radius 3 is 3.00 bits per heavy atom. The molecule has 102 valence electrons. The predicted octanol–water partition coefficient (Wildman–Crippen LogP) is 3.86. The Balaban J connectivity index is 2.14. The molecule has 1 heterocycles. The highest BCUT2D eigenvalue weighted by molar-refractivity contribution is 5.87. The zero-order valence-corrected chi connectivity index (χ0v) is 11.7. The third kappa shape index (κ3) is 3.37. The maximum atomic E-state index is 11.3. The van der Waals surface area contributed by atoms with Gasteiger partial charge >= 0.3 is 5.97 Å². The lowest BCUT2D eigenvalue weighted by Gasteiger charge is -2.12. The normalized spacial score (nSPS) is 15.6. The Bertz CT molecular complexity index is 509. The van der Waals surface area contributed by atoms with Crippen molar-refractivity contribution in [2.45, 2.75) is 39.5 Å². The van der Waals surface area contributed by atoms with Crippen molar-refractivity contribution in [3.63, 3.8) is 0 Å². The zero-order valence-electron chi connectivity index (χ0n) is 11.7. The van der Waals surface area contributed by atoms with Crippen LogP contribution in [-0.2, 0) is 9.53 Å². The average Bonchev–Trinajstić information content (AvgIpc) is 2.79. The molecule has 2 rings (SSSR count). The van der Waals surface area contributed by atoms with Crippen LogP contribution in [0, 0.1) is 6.92 Å². The minimum Gasteiger partial charge on any atom is -0.463 e. The number of carbonyl (C=O) groups is 1. The Morgan fingerprint density at radius 1 is 1.47 bits per heavy atom. The minimum atomic E-state index is -0.290. The molecule has 1 aliphatic carbocycles. The van der Waals surface area contributed by atoms with Gasteiger partial charge in [-0.15, -0.1) is 0 Å². The Kier molecular flexibility index (Phi) is 4.61. The van der Waals surface area contributed by atoms with Crippen LogP contribution in [0.15, 0.2) is 18.3 Å². The first-order valence-corrected chi connectivity index (χ1v) is 6.94. The number of H-pyrrole nitrogens is 1. The monoisotopic (exact) mass is 259 g/mol. The maximum Gasteiger partial charge on any atom is 0.330 e. The van der Waals surface area contributed by atoms with Gasteiger partial charge in [0.1, 0.15) is 0 Å². The molecule has 0 amide bonds. The summed E-state index contributed by atoms with van der Waals surface area (Å²) >= 11 is 0. The predicted molar refractivity (Wildman–Crippen MR) is 77.6 cm³/mol. The van der Waals surface area contributed by atoms with Crippen LogP contribution in [0.1, 0.15) is 49.4 Å². The molecule has 0 unspecified atom stereocenters. The molecule has 0 saturated carbocycles. The van der Waals surface area contributed by atoms with E-state index in [1.165, 1.54) is 42.2 Å². The fourth-order valence-electron chi connectivity index (χ4n) is 2.43. The fourth-order valence-corrected chi connectivity index (χ4v) is 2.43. The Morgan fingerprint density at radius 2 is 2.32 bits per heavy atom. The van der Waals surface area contributed by atoms with Gasteiger partial charge in [0, 0.05) is 18.0 Å². The number of nitrogens with one attached hydrogen (secondary N) is 1. The zero-order chi connectivity index (χ0) is 13.7. The number of aromatic amines is 1. The summed E-state index contributed by atoms with van der Waals surface area (Å²) < 4.78 is 4.88. The number of rotatable bonds is 4. The van der Waals surface area contributed by atoms with E-state index >= 15 is 0 Å². The van der Waals surface area contributed by atoms with Gasteiger partial charge in [-0.2, -0.15) is 0 Å². The minimum absolute atomic E-state index is 0.290. The van der Waals surface area contributed by atoms with Crippen molar-refractivity contribution in [2.75, 3.05) is 6.61 Å². The molecule has 3 heteroatoms. The molecular weight excluding hydrogens is 238 g/mol. The summed E-state index contributed by atoms with van der Waals surface area (Å²) in [7, 11) is 0. The molecule has 3 nitrogen and oxygen atoms in total. The number of ether oxygens (including phenoxy) is 1. The van der Waals surface area contributed by atoms with E-state index in [0.29, 0.717) is 6.61 Å². The van der Waals surface area contributed by atoms with E-state index in [2.05, 4.69) is 18.0 Å². The number of esters is 1. The van der Waals surface area contributed by atoms with Gasteiger partial charge in [-0.1, -0.05) is 6.08 Å². The second-order valence-corrected chi connectivity index (χ2v) is 4.80. The molecular formula is C16H21NO2. The number of allylic oxidation sites excluding steroid dienone is 2. The summed E-state index contributed by atoms with van der Waals surface area (Å²) in [6.07, 6.45) is 12.4. The average molecular weight is 259 g/mol. The summed E-state index contributed by atoms with van der Waals surface area (Å²) in [6.45, 7) is 4.31. The standard InChI is InChI=1S/C16H21NO2/c1-3-19-15(18)10-9-14-11-17-16(12(14)2)13-7-5-4-6-8-13/h7,9-11,17H,3-6,8H2,1-2H3/b10-9+. The van der Waals surface area contributed by atoms with Crippen LogP contribution in [0.5, 0.6) is 0 Å². The molecule has 0 bridgehead atoms. The van der Waals surface area contributed by atoms with Crippen LogP contribution in [0.3, 0.4) is 0 Å². The van der Waals surface area contributed by atoms with E-state index in [-0.39, 0.29) is 5.97 Å². The van der Waals surface area contributed by atoms with Crippen LogP contribution in [0.25, 0.3) is 11.6 Å². The van der Waals surface area contributed by atoms with E-state index < -0.39 is 0 Å². The molecule has 1 aromatic rings. The van der Waals surface area contributed by atoms with Gasteiger partial charge in [-0.05, 0) is 62.3 Å². The van der Waals surface area contributed by atoms with Gasteiger partial charge in [-0.3, -0.25) is 0 Å². The Hall–Kier alpha value is -1.77. The van der Waals surface area contributed by atoms with Gasteiger partial charge in [-0.25, -0.2) is 4.79 Å². The van der Waals surface area contributed by atoms with Crippen molar-refractivity contribution in [3.05, 3.63) is 35.2 Å². The topological polar surface area (TPSA) is 42.1 Å². The van der Waals surface area contributed by atoms with Crippen molar-refractivity contribution in [2.24, 2.45) is 0 Å². The van der Waals surface area contributed by atoms with E-state index in [1.807, 2.05) is 12.3 Å². The molecule has 0 atom stereocenters. The second kappa shape index (κ2) is 6.41. The summed E-state index contributed by atoms with van der Waals surface area (Å²) in [5.74, 6) is -0.290. The van der Waals surface area contributed by atoms with Crippen LogP contribution in [0.4, 0.5) is 0 Å². The molecule has 0 radical (unpaired) electrons. The molecule has 0 aromatic carbocycles. The quantitative estimate of drug-likeness (QED) is 0.659. The van der Waals surface area contributed by atoms with Gasteiger partial charge in [0.2, 0.25) is 0 Å². The van der Waals surface area contributed by atoms with Gasteiger partial charge in [0.25, 0.3) is 0 Å². The Labute approximate surface area is 114 Å². The van der Waals surface area contributed by atoms with Crippen LogP contribution < -0.4 is 0 Å². The summed E-state index contributed by atoms with van der Waals surface area (Å²) in [6, 6.07) is 0. The molecule has 1 aliphatic rings. The first-order valence-electron chi connectivity index (χ1n) is 6.94. The van der Waals surface area contributed by atoms with Crippen molar-refractivity contribution in [1.82, 2.24) is 4.98 Å². The van der Waals surface area contributed by atoms with Gasteiger partial charge in [0.15, 0.2) is 0 Å². The van der Waals surface area contributed by atoms with Crippen LogP contribution >= 0.6 is 0 Å². The van der Waals surface area contributed by atoms with Crippen LogP contribution in [0.2, 0.25) is 0 Å². The van der Waals surface area contributed by atoms with Gasteiger partial charge in [0.05, 0.1) is 6.61 Å². The fraction of sp³-hybridized carbons (Fsp3) is 0.438. The summed E-state index contributed by atoms with van der Waals surface area (Å²) in [5.41, 5.74) is 4.87. The smallest absolute Gasteiger partial charge is 0.330 e. The molecule has 0 fully saturated rings. The summed E-state index contributed by atoms with van der Waals surface area (Å²) in [4.78, 5) is 14.6. The highest BCUT2D eigenvalue weighted by atomic mass is 16.5. The lowest BCUT2D eigenvalue weighted by Crippen LogP contribution is -1.98. The molecule has 0 saturated heterocycles. The lowest BCUT2D eigenvalue weighted by molar-refractivity contribution is -0.137. The second-order valence-electron chi connectivity index (χ2n) is 4.80. The molecule has 0 spiro atoms. The third-order valence-electron chi connectivity index (χ3n) is 3.48. The molecule has 0 aliphatic heterocycles. The number of aromatic nitrogens is 1. The van der Waals surface area contributed by atoms with E-state index in [4.69, 9.17) is 4.74 Å². The largest absolute Gasteiger partial charge is 0.463 e. The number of hydrogen-bond donors (Lipinski definition) is 1. The lowest BCUT2D eigenvalue weighted by atomic mass is 9.95. The van der Waals surface area contributed by atoms with Gasteiger partial charge < -0.3 is 9.72 Å². The molecule has 1 N–H and O–H groups in total. The highest BCUT2D eigenvalue weighted by Crippen LogP contribution is 2.29. The molecule has 19 heavy (non-hydrogen) atoms. The van der Waals surface area contributed by atoms with Crippen molar-refractivity contribution >= 4 is 17.6 Å². The molecule has 1 aromatic heterocycles. The SMILES string of the molecule is CCOC(=O)/C=C/c1c[nH]c(C2=CCCCC2)c1C. The van der Waals surface area contributed by atoms with Crippen molar-refractivity contribution in [1.29, 1.82) is 0 Å². The van der Waals surface area contributed by atoms with E-state index in [0.717, 1.165) is 12.0 Å². The first-order chi connectivity index (χ1) is 9.22. The van der Waals surface area contributed by atoms with E-state index in [9.17, 15) is 4.79 Å². The van der Waals surface area contributed by atoms with Crippen molar-refractivity contribution in [3.8, 4) is 0 Å². The van der Waals surface area contributed by atoms with E-state index in [1.54, 1.807) is 6.92 Å². The number of carbonyl (C=O) groups excluding carboxylic acids is 1. The number of hydrogen-bond acceptors (Lipinski definition) is 2. The first kappa shape index (κ1) is 13.7. The third-order valence-corrected chi connectivity index (χ3v) is 3.48. The van der Waals surface area contributed by atoms with Crippen molar-refractivity contribution < 1.29 is 9.53 Å².